The van der Waals surface area contributed by atoms with Gasteiger partial charge in [0.15, 0.2) is 9.84 Å². The standard InChI is InChI=1S/C18H28N2O5S/c1-24-14-18(8-10-19-11-9-18)13-20-17(21)7-12-25-15-3-5-16(6-4-15)26(2,22)23/h3-6,19H,7-14H2,1-2H3,(H,20,21). The van der Waals surface area contributed by atoms with E-state index in [0.717, 1.165) is 32.2 Å². The van der Waals surface area contributed by atoms with Crippen LogP contribution in [0.5, 0.6) is 5.75 Å². The molecule has 1 aliphatic heterocycles. The Kier molecular flexibility index (Phi) is 7.43. The highest BCUT2D eigenvalue weighted by Crippen LogP contribution is 2.28. The van der Waals surface area contributed by atoms with E-state index in [9.17, 15) is 13.2 Å². The Morgan fingerprint density at radius 1 is 1.23 bits per heavy atom. The maximum Gasteiger partial charge on any atom is 0.223 e. The Bertz CT molecular complexity index is 677. The SMILES string of the molecule is COCC1(CNC(=O)CCOc2ccc(S(C)(=O)=O)cc2)CCNCC1. The molecule has 1 heterocycles. The smallest absolute Gasteiger partial charge is 0.223 e. The Labute approximate surface area is 155 Å². The predicted octanol–water partition coefficient (Wildman–Crippen LogP) is 0.991. The monoisotopic (exact) mass is 384 g/mol. The molecule has 0 aromatic heterocycles. The van der Waals surface area contributed by atoms with E-state index < -0.39 is 9.84 Å². The number of hydrogen-bond donors (Lipinski definition) is 2. The first-order chi connectivity index (χ1) is 12.3. The number of methoxy groups -OCH3 is 1. The van der Waals surface area contributed by atoms with Crippen LogP contribution >= 0.6 is 0 Å². The molecule has 2 N–H and O–H groups in total. The van der Waals surface area contributed by atoms with Crippen LogP contribution in [0.4, 0.5) is 0 Å². The number of hydrogen-bond acceptors (Lipinski definition) is 6. The van der Waals surface area contributed by atoms with Gasteiger partial charge in [0.05, 0.1) is 24.5 Å². The van der Waals surface area contributed by atoms with Crippen LogP contribution in [0.25, 0.3) is 0 Å². The molecule has 0 spiro atoms. The summed E-state index contributed by atoms with van der Waals surface area (Å²) in [6, 6.07) is 6.18. The summed E-state index contributed by atoms with van der Waals surface area (Å²) in [6.45, 7) is 3.35. The minimum atomic E-state index is -3.22. The highest BCUT2D eigenvalue weighted by atomic mass is 32.2. The van der Waals surface area contributed by atoms with Gasteiger partial charge in [0.1, 0.15) is 5.75 Å². The molecular weight excluding hydrogens is 356 g/mol. The quantitative estimate of drug-likeness (QED) is 0.660. The number of carbonyl (C=O) groups excluding carboxylic acids is 1. The van der Waals surface area contributed by atoms with Gasteiger partial charge in [-0.15, -0.1) is 0 Å². The van der Waals surface area contributed by atoms with Gasteiger partial charge in [-0.2, -0.15) is 0 Å². The fourth-order valence-corrected chi connectivity index (χ4v) is 3.69. The lowest BCUT2D eigenvalue weighted by Crippen LogP contribution is -2.47. The Morgan fingerprint density at radius 2 is 1.88 bits per heavy atom. The number of sulfone groups is 1. The van der Waals surface area contributed by atoms with Crippen LogP contribution in [0, 0.1) is 5.41 Å². The van der Waals surface area contributed by atoms with Crippen molar-refractivity contribution in [2.45, 2.75) is 24.2 Å². The van der Waals surface area contributed by atoms with Gasteiger partial charge < -0.3 is 20.1 Å². The summed E-state index contributed by atoms with van der Waals surface area (Å²) < 4.78 is 33.7. The van der Waals surface area contributed by atoms with E-state index in [1.54, 1.807) is 19.2 Å². The second kappa shape index (κ2) is 9.34. The van der Waals surface area contributed by atoms with E-state index in [4.69, 9.17) is 9.47 Å². The highest BCUT2D eigenvalue weighted by Gasteiger charge is 2.32. The second-order valence-electron chi connectivity index (χ2n) is 6.80. The molecule has 0 unspecified atom stereocenters. The molecule has 2 rings (SSSR count). The van der Waals surface area contributed by atoms with Crippen molar-refractivity contribution >= 4 is 15.7 Å². The van der Waals surface area contributed by atoms with Gasteiger partial charge in [-0.05, 0) is 50.2 Å². The average molecular weight is 384 g/mol. The minimum absolute atomic E-state index is 0.00199. The number of rotatable bonds is 9. The lowest BCUT2D eigenvalue weighted by atomic mass is 9.79. The summed E-state index contributed by atoms with van der Waals surface area (Å²) >= 11 is 0. The number of nitrogens with one attached hydrogen (secondary N) is 2. The lowest BCUT2D eigenvalue weighted by molar-refractivity contribution is -0.122. The molecule has 0 saturated carbocycles. The molecule has 0 atom stereocenters. The van der Waals surface area contributed by atoms with E-state index in [-0.39, 0.29) is 29.2 Å². The molecule has 26 heavy (non-hydrogen) atoms. The van der Waals surface area contributed by atoms with Crippen LogP contribution in [0.15, 0.2) is 29.2 Å². The molecule has 1 fully saturated rings. The number of benzene rings is 1. The second-order valence-corrected chi connectivity index (χ2v) is 8.82. The summed E-state index contributed by atoms with van der Waals surface area (Å²) in [6.07, 6.45) is 3.36. The first kappa shape index (κ1) is 20.7. The van der Waals surface area contributed by atoms with Gasteiger partial charge in [-0.1, -0.05) is 0 Å². The van der Waals surface area contributed by atoms with Crippen molar-refractivity contribution in [2.24, 2.45) is 5.41 Å². The molecule has 1 aliphatic rings. The third kappa shape index (κ3) is 6.26. The van der Waals surface area contributed by atoms with Gasteiger partial charge in [0, 0.05) is 25.3 Å². The van der Waals surface area contributed by atoms with Crippen LogP contribution < -0.4 is 15.4 Å². The van der Waals surface area contributed by atoms with Crippen LogP contribution in [0.1, 0.15) is 19.3 Å². The molecule has 1 aromatic carbocycles. The first-order valence-corrected chi connectivity index (χ1v) is 10.6. The fraction of sp³-hybridized carbons (Fsp3) is 0.611. The maximum atomic E-state index is 12.1. The summed E-state index contributed by atoms with van der Waals surface area (Å²) in [5.74, 6) is 0.478. The third-order valence-electron chi connectivity index (χ3n) is 4.63. The highest BCUT2D eigenvalue weighted by molar-refractivity contribution is 7.90. The zero-order chi connectivity index (χ0) is 19.0. The van der Waals surface area contributed by atoms with Crippen molar-refractivity contribution in [3.8, 4) is 5.75 Å². The topological polar surface area (TPSA) is 93.7 Å². The van der Waals surface area contributed by atoms with E-state index in [1.807, 2.05) is 0 Å². The largest absolute Gasteiger partial charge is 0.493 e. The summed E-state index contributed by atoms with van der Waals surface area (Å²) in [5.41, 5.74) is -0.00199. The molecule has 146 valence electrons. The lowest BCUT2D eigenvalue weighted by Gasteiger charge is -2.37. The molecule has 1 saturated heterocycles. The van der Waals surface area contributed by atoms with E-state index in [0.29, 0.717) is 18.9 Å². The summed E-state index contributed by atoms with van der Waals surface area (Å²) in [4.78, 5) is 12.3. The van der Waals surface area contributed by atoms with E-state index in [2.05, 4.69) is 10.6 Å². The van der Waals surface area contributed by atoms with Crippen molar-refractivity contribution in [3.63, 3.8) is 0 Å². The molecule has 0 aliphatic carbocycles. The fourth-order valence-electron chi connectivity index (χ4n) is 3.05. The van der Waals surface area contributed by atoms with Crippen molar-refractivity contribution in [1.29, 1.82) is 0 Å². The van der Waals surface area contributed by atoms with Gasteiger partial charge >= 0.3 is 0 Å². The molecule has 0 bridgehead atoms. The van der Waals surface area contributed by atoms with Gasteiger partial charge in [0.25, 0.3) is 0 Å². The Morgan fingerprint density at radius 3 is 2.46 bits per heavy atom. The number of carbonyl (C=O) groups is 1. The maximum absolute atomic E-state index is 12.1. The van der Waals surface area contributed by atoms with Crippen molar-refractivity contribution in [2.75, 3.05) is 46.2 Å². The molecule has 8 heteroatoms. The van der Waals surface area contributed by atoms with Crippen molar-refractivity contribution < 1.29 is 22.7 Å². The minimum Gasteiger partial charge on any atom is -0.493 e. The first-order valence-electron chi connectivity index (χ1n) is 8.74. The van der Waals surface area contributed by atoms with Crippen LogP contribution in [0.2, 0.25) is 0 Å². The van der Waals surface area contributed by atoms with E-state index in [1.165, 1.54) is 12.1 Å². The molecular formula is C18H28N2O5S. The summed E-state index contributed by atoms with van der Waals surface area (Å²) in [5, 5.41) is 6.31. The Hall–Kier alpha value is -1.64. The number of ether oxygens (including phenoxy) is 2. The number of amides is 1. The molecule has 1 aromatic rings. The summed E-state index contributed by atoms with van der Waals surface area (Å²) in [7, 11) is -1.53. The van der Waals surface area contributed by atoms with Crippen LogP contribution in [-0.4, -0.2) is 60.5 Å². The van der Waals surface area contributed by atoms with Crippen LogP contribution in [0.3, 0.4) is 0 Å². The van der Waals surface area contributed by atoms with Gasteiger partial charge in [-0.25, -0.2) is 8.42 Å². The third-order valence-corrected chi connectivity index (χ3v) is 5.75. The average Bonchev–Trinajstić information content (AvgIpc) is 2.61. The zero-order valence-electron chi connectivity index (χ0n) is 15.4. The molecule has 7 nitrogen and oxygen atoms in total. The normalized spacial score (nSPS) is 16.8. The van der Waals surface area contributed by atoms with E-state index >= 15 is 0 Å². The molecule has 1 amide bonds. The number of piperidine rings is 1. The van der Waals surface area contributed by atoms with Crippen molar-refractivity contribution in [1.82, 2.24) is 10.6 Å². The predicted molar refractivity (Wildman–Crippen MR) is 99.1 cm³/mol. The van der Waals surface area contributed by atoms with Gasteiger partial charge in [-0.3, -0.25) is 4.79 Å². The zero-order valence-corrected chi connectivity index (χ0v) is 16.2. The van der Waals surface area contributed by atoms with Gasteiger partial charge in [0.2, 0.25) is 5.91 Å². The van der Waals surface area contributed by atoms with Crippen molar-refractivity contribution in [3.05, 3.63) is 24.3 Å². The Balaban J connectivity index is 1.74. The molecule has 0 radical (unpaired) electrons. The van der Waals surface area contributed by atoms with Crippen LogP contribution in [-0.2, 0) is 19.4 Å².